The summed E-state index contributed by atoms with van der Waals surface area (Å²) in [6, 6.07) is 27.0. The molecule has 0 aliphatic heterocycles. The van der Waals surface area contributed by atoms with Crippen LogP contribution in [0.2, 0.25) is 0 Å². The number of rotatable bonds is 5. The second-order valence-electron chi connectivity index (χ2n) is 9.52. The van der Waals surface area contributed by atoms with Crippen molar-refractivity contribution >= 4 is 43.8 Å². The number of fused-ring (bicyclic) bond motifs is 2. The average Bonchev–Trinajstić information content (AvgIpc) is 3.56. The lowest BCUT2D eigenvalue weighted by Gasteiger charge is -2.11. The van der Waals surface area contributed by atoms with Crippen molar-refractivity contribution < 1.29 is 27.9 Å². The number of ketones is 1. The van der Waals surface area contributed by atoms with Gasteiger partial charge in [0.1, 0.15) is 21.3 Å². The Morgan fingerprint density at radius 1 is 0.881 bits per heavy atom. The van der Waals surface area contributed by atoms with Gasteiger partial charge in [0.2, 0.25) is 5.69 Å². The first kappa shape index (κ1) is 25.5. The molecule has 0 amide bonds. The van der Waals surface area contributed by atoms with Crippen LogP contribution in [0.4, 0.5) is 14.5 Å². The van der Waals surface area contributed by atoms with Gasteiger partial charge >= 0.3 is 5.69 Å². The molecule has 4 aromatic carbocycles. The van der Waals surface area contributed by atoms with E-state index in [1.165, 1.54) is 6.07 Å². The number of halogens is 2. The zero-order chi connectivity index (χ0) is 29.0. The number of anilines is 1. The van der Waals surface area contributed by atoms with Gasteiger partial charge < -0.3 is 15.4 Å². The third kappa shape index (κ3) is 4.08. The number of hydrogen-bond donors (Lipinski definition) is 1. The van der Waals surface area contributed by atoms with E-state index in [0.717, 1.165) is 44.5 Å². The van der Waals surface area contributed by atoms with Crippen LogP contribution in [0.15, 0.2) is 102 Å². The second-order valence-corrected chi connectivity index (χ2v) is 10.5. The van der Waals surface area contributed by atoms with E-state index in [9.17, 15) is 14.3 Å². The number of nitrogens with zero attached hydrogens (tertiary/aromatic N) is 3. The Hall–Kier alpha value is -5.48. The van der Waals surface area contributed by atoms with Crippen molar-refractivity contribution in [2.45, 2.75) is 0 Å². The van der Waals surface area contributed by atoms with Crippen LogP contribution >= 0.6 is 11.3 Å². The molecule has 0 spiro atoms. The minimum Gasteiger partial charge on any atom is -0.539 e. The fourth-order valence-electron chi connectivity index (χ4n) is 5.09. The highest BCUT2D eigenvalue weighted by Crippen LogP contribution is 2.43. The molecule has 10 heteroatoms. The summed E-state index contributed by atoms with van der Waals surface area (Å²) >= 11 is 0.971. The maximum absolute atomic E-state index is 15.2. The Bertz CT molecular complexity index is 2170. The van der Waals surface area contributed by atoms with Crippen LogP contribution in [-0.4, -0.2) is 16.0 Å². The minimum atomic E-state index is -0.935. The molecule has 2 N–H and O–H groups in total. The van der Waals surface area contributed by atoms with Gasteiger partial charge in [-0.25, -0.2) is 13.8 Å². The van der Waals surface area contributed by atoms with Crippen LogP contribution < -0.4 is 15.5 Å². The molecule has 3 aromatic heterocycles. The molecule has 0 unspecified atom stereocenters. The van der Waals surface area contributed by atoms with Crippen LogP contribution in [0.25, 0.3) is 49.1 Å². The zero-order valence-corrected chi connectivity index (χ0v) is 22.4. The molecule has 0 aliphatic carbocycles. The van der Waals surface area contributed by atoms with Crippen molar-refractivity contribution in [2.24, 2.45) is 0 Å². The van der Waals surface area contributed by atoms with Crippen molar-refractivity contribution in [1.29, 1.82) is 0 Å². The van der Waals surface area contributed by atoms with E-state index >= 15 is 4.39 Å². The molecular formula is C32H18F2N4O3S. The van der Waals surface area contributed by atoms with Gasteiger partial charge in [0.15, 0.2) is 5.95 Å². The van der Waals surface area contributed by atoms with Gasteiger partial charge in [0, 0.05) is 34.7 Å². The molecule has 7 aromatic rings. The molecule has 0 saturated heterocycles. The lowest BCUT2D eigenvalue weighted by atomic mass is 9.96. The summed E-state index contributed by atoms with van der Waals surface area (Å²) < 4.78 is 35.1. The molecule has 0 aliphatic rings. The lowest BCUT2D eigenvalue weighted by molar-refractivity contribution is -0.672. The quantitative estimate of drug-likeness (QED) is 0.193. The molecule has 0 bridgehead atoms. The number of carbonyl (C=O) groups is 1. The fraction of sp³-hybridized carbons (Fsp3) is 0. The number of nitrogens with two attached hydrogens (primary N) is 1. The first-order chi connectivity index (χ1) is 20.4. The molecule has 7 rings (SSSR count). The Morgan fingerprint density at radius 2 is 1.64 bits per heavy atom. The maximum atomic E-state index is 15.2. The number of carbonyl (C=O) groups excluding carboxylic acids is 1. The summed E-state index contributed by atoms with van der Waals surface area (Å²) in [6.07, 6.45) is 0. The van der Waals surface area contributed by atoms with Gasteiger partial charge in [-0.15, -0.1) is 11.3 Å². The van der Waals surface area contributed by atoms with Crippen LogP contribution in [-0.2, 0) is 0 Å². The summed E-state index contributed by atoms with van der Waals surface area (Å²) in [7, 11) is 0. The number of para-hydroxylation sites is 1. The second kappa shape index (κ2) is 9.86. The van der Waals surface area contributed by atoms with Crippen LogP contribution in [0.3, 0.4) is 0 Å². The highest BCUT2D eigenvalue weighted by atomic mass is 32.1. The summed E-state index contributed by atoms with van der Waals surface area (Å²) in [6.45, 7) is 0. The Morgan fingerprint density at radius 3 is 2.45 bits per heavy atom. The molecule has 3 heterocycles. The Labute approximate surface area is 240 Å². The minimum absolute atomic E-state index is 0.0101. The van der Waals surface area contributed by atoms with E-state index in [1.807, 2.05) is 42.5 Å². The summed E-state index contributed by atoms with van der Waals surface area (Å²) in [5.74, 6) is -3.18. The van der Waals surface area contributed by atoms with Crippen molar-refractivity contribution in [3.63, 3.8) is 0 Å². The standard InChI is InChI=1S/C32H18F2N4O3S/c33-18-13-14-21(24(34)15-18)23-16-25(22-12-6-8-17-7-4-5-11-20(17)22)36-31-26(23)27(35)30(42-31)29(39)28-32(40)41-37-38(28)19-9-2-1-3-10-19/h1-16H,(H2-,35,37,39,40). The summed E-state index contributed by atoms with van der Waals surface area (Å²) in [5, 5.41) is 18.6. The van der Waals surface area contributed by atoms with Crippen molar-refractivity contribution in [3.8, 4) is 34.0 Å². The fourth-order valence-corrected chi connectivity index (χ4v) is 6.15. The normalized spacial score (nSPS) is 11.4. The molecule has 0 radical (unpaired) electrons. The largest absolute Gasteiger partial charge is 0.539 e. The molecule has 0 saturated carbocycles. The third-order valence-corrected chi connectivity index (χ3v) is 8.12. The van der Waals surface area contributed by atoms with E-state index in [2.05, 4.69) is 5.27 Å². The van der Waals surface area contributed by atoms with Crippen molar-refractivity contribution in [3.05, 3.63) is 119 Å². The van der Waals surface area contributed by atoms with E-state index < -0.39 is 23.4 Å². The van der Waals surface area contributed by atoms with Gasteiger partial charge in [0.05, 0.1) is 16.7 Å². The maximum Gasteiger partial charge on any atom is 0.312 e. The van der Waals surface area contributed by atoms with Crippen LogP contribution in [0.5, 0.6) is 5.95 Å². The first-order valence-corrected chi connectivity index (χ1v) is 13.6. The molecule has 204 valence electrons. The van der Waals surface area contributed by atoms with Crippen LogP contribution in [0, 0.1) is 11.6 Å². The SMILES string of the molecule is Nc1c(C(=O)c2c([O-])on[n+]2-c2ccccc2)sc2nc(-c3cccc4ccccc34)cc(-c3ccc(F)cc3F)c12. The molecule has 7 nitrogen and oxygen atoms in total. The van der Waals surface area contributed by atoms with Gasteiger partial charge in [0.25, 0.3) is 5.78 Å². The topological polar surface area (TPSA) is 109 Å². The van der Waals surface area contributed by atoms with E-state index in [-0.39, 0.29) is 21.8 Å². The number of nitrogen functional groups attached to an aromatic ring is 1. The van der Waals surface area contributed by atoms with Crippen molar-refractivity contribution in [2.75, 3.05) is 5.73 Å². The van der Waals surface area contributed by atoms with Gasteiger partial charge in [-0.2, -0.15) is 0 Å². The number of pyridine rings is 1. The van der Waals surface area contributed by atoms with Gasteiger partial charge in [-0.1, -0.05) is 60.7 Å². The average molecular weight is 577 g/mol. The molecular weight excluding hydrogens is 558 g/mol. The van der Waals surface area contributed by atoms with E-state index in [4.69, 9.17) is 15.2 Å². The van der Waals surface area contributed by atoms with E-state index in [1.54, 1.807) is 36.4 Å². The molecule has 0 fully saturated rings. The zero-order valence-electron chi connectivity index (χ0n) is 21.5. The summed E-state index contributed by atoms with van der Waals surface area (Å²) in [5.41, 5.74) is 8.38. The first-order valence-electron chi connectivity index (χ1n) is 12.8. The highest BCUT2D eigenvalue weighted by Gasteiger charge is 2.33. The van der Waals surface area contributed by atoms with Gasteiger partial charge in [-0.05, 0) is 39.2 Å². The Kier molecular flexibility index (Phi) is 5.98. The number of hydrogen-bond acceptors (Lipinski definition) is 7. The van der Waals surface area contributed by atoms with Crippen molar-refractivity contribution in [1.82, 2.24) is 10.3 Å². The smallest absolute Gasteiger partial charge is 0.312 e. The van der Waals surface area contributed by atoms with Gasteiger partial charge in [-0.3, -0.25) is 4.79 Å². The predicted molar refractivity (Wildman–Crippen MR) is 153 cm³/mol. The summed E-state index contributed by atoms with van der Waals surface area (Å²) in [4.78, 5) is 19.1. The molecule has 42 heavy (non-hydrogen) atoms. The molecule has 0 atom stereocenters. The van der Waals surface area contributed by atoms with E-state index in [0.29, 0.717) is 27.2 Å². The third-order valence-electron chi connectivity index (χ3n) is 7.02. The monoisotopic (exact) mass is 576 g/mol. The van der Waals surface area contributed by atoms with Crippen LogP contribution in [0.1, 0.15) is 15.4 Å². The lowest BCUT2D eigenvalue weighted by Crippen LogP contribution is -2.39. The highest BCUT2D eigenvalue weighted by molar-refractivity contribution is 7.21. The number of benzene rings is 4. The Balaban J connectivity index is 1.49. The predicted octanol–water partition coefficient (Wildman–Crippen LogP) is 6.21. The number of thiophene rings is 1. The number of aromatic nitrogens is 3.